The minimum absolute atomic E-state index is 0.0613. The molecular formula is C19H16ClN3O3S. The van der Waals surface area contributed by atoms with Crippen molar-refractivity contribution in [2.75, 3.05) is 0 Å². The zero-order chi connectivity index (χ0) is 19.6. The van der Waals surface area contributed by atoms with Crippen molar-refractivity contribution in [1.82, 2.24) is 10.3 Å². The van der Waals surface area contributed by atoms with Crippen LogP contribution in [0.5, 0.6) is 0 Å². The van der Waals surface area contributed by atoms with Gasteiger partial charge in [-0.1, -0.05) is 35.9 Å². The van der Waals surface area contributed by atoms with Crippen molar-refractivity contribution >= 4 is 34.5 Å². The summed E-state index contributed by atoms with van der Waals surface area (Å²) in [5, 5.41) is 15.0. The minimum atomic E-state index is -0.598. The predicted octanol–water partition coefficient (Wildman–Crippen LogP) is 4.92. The van der Waals surface area contributed by atoms with E-state index < -0.39 is 10.8 Å². The number of amides is 1. The van der Waals surface area contributed by atoms with Crippen molar-refractivity contribution in [2.24, 2.45) is 0 Å². The average molecular weight is 402 g/mol. The predicted molar refractivity (Wildman–Crippen MR) is 106 cm³/mol. The lowest BCUT2D eigenvalue weighted by Gasteiger charge is -2.05. The highest BCUT2D eigenvalue weighted by Gasteiger charge is 2.21. The standard InChI is InChI=1S/C19H16ClN3O3S/c1-11-5-3-4-6-14(11)19-22-12(2)17(27-19)10-21-18(24)15-9-13(20)7-8-16(15)23(25)26/h3-9H,10H2,1-2H3,(H,21,24). The van der Waals surface area contributed by atoms with E-state index >= 15 is 0 Å². The van der Waals surface area contributed by atoms with Gasteiger partial charge in [-0.2, -0.15) is 0 Å². The first-order chi connectivity index (χ1) is 12.9. The summed E-state index contributed by atoms with van der Waals surface area (Å²) in [4.78, 5) is 28.5. The van der Waals surface area contributed by atoms with Crippen molar-refractivity contribution in [3.63, 3.8) is 0 Å². The fourth-order valence-electron chi connectivity index (χ4n) is 2.63. The third-order valence-corrected chi connectivity index (χ3v) is 5.50. The molecule has 0 saturated carbocycles. The Kier molecular flexibility index (Phi) is 5.53. The number of halogens is 1. The Morgan fingerprint density at radius 2 is 2.00 bits per heavy atom. The van der Waals surface area contributed by atoms with Crippen LogP contribution >= 0.6 is 22.9 Å². The maximum atomic E-state index is 12.4. The molecule has 0 fully saturated rings. The molecule has 0 atom stereocenters. The first kappa shape index (κ1) is 19.0. The van der Waals surface area contributed by atoms with Gasteiger partial charge in [0.2, 0.25) is 0 Å². The maximum Gasteiger partial charge on any atom is 0.282 e. The van der Waals surface area contributed by atoms with Crippen molar-refractivity contribution in [3.05, 3.63) is 79.3 Å². The highest BCUT2D eigenvalue weighted by molar-refractivity contribution is 7.15. The molecule has 0 spiro atoms. The molecule has 3 aromatic rings. The number of rotatable bonds is 5. The summed E-state index contributed by atoms with van der Waals surface area (Å²) in [5.41, 5.74) is 2.65. The van der Waals surface area contributed by atoms with Crippen LogP contribution in [-0.2, 0) is 6.54 Å². The number of carbonyl (C=O) groups excluding carboxylic acids is 1. The first-order valence-electron chi connectivity index (χ1n) is 8.11. The van der Waals surface area contributed by atoms with Gasteiger partial charge in [-0.3, -0.25) is 14.9 Å². The molecule has 8 heteroatoms. The molecule has 6 nitrogen and oxygen atoms in total. The van der Waals surface area contributed by atoms with Gasteiger partial charge in [0.1, 0.15) is 10.6 Å². The van der Waals surface area contributed by atoms with E-state index in [2.05, 4.69) is 10.3 Å². The second-order valence-electron chi connectivity index (χ2n) is 5.94. The molecule has 0 aliphatic rings. The van der Waals surface area contributed by atoms with Crippen LogP contribution in [-0.4, -0.2) is 15.8 Å². The molecule has 1 heterocycles. The lowest BCUT2D eigenvalue weighted by atomic mass is 10.1. The van der Waals surface area contributed by atoms with Crippen molar-refractivity contribution in [2.45, 2.75) is 20.4 Å². The normalized spacial score (nSPS) is 10.6. The Labute approximate surface area is 165 Å². The SMILES string of the molecule is Cc1ccccc1-c1nc(C)c(CNC(=O)c2cc(Cl)ccc2[N+](=O)[O-])s1. The van der Waals surface area contributed by atoms with E-state index in [1.807, 2.05) is 38.1 Å². The molecule has 1 aromatic heterocycles. The van der Waals surface area contributed by atoms with Gasteiger partial charge in [0.05, 0.1) is 17.2 Å². The van der Waals surface area contributed by atoms with Crippen LogP contribution < -0.4 is 5.32 Å². The van der Waals surface area contributed by atoms with E-state index in [4.69, 9.17) is 11.6 Å². The number of nitrogens with one attached hydrogen (secondary N) is 1. The van der Waals surface area contributed by atoms with E-state index in [9.17, 15) is 14.9 Å². The number of carbonyl (C=O) groups is 1. The second kappa shape index (κ2) is 7.85. The summed E-state index contributed by atoms with van der Waals surface area (Å²) in [6.07, 6.45) is 0. The molecule has 0 unspecified atom stereocenters. The molecule has 138 valence electrons. The molecule has 2 aromatic carbocycles. The van der Waals surface area contributed by atoms with Crippen LogP contribution in [0.15, 0.2) is 42.5 Å². The van der Waals surface area contributed by atoms with Gasteiger partial charge in [-0.25, -0.2) is 4.98 Å². The molecule has 0 aliphatic heterocycles. The van der Waals surface area contributed by atoms with Gasteiger partial charge in [-0.15, -0.1) is 11.3 Å². The summed E-state index contributed by atoms with van der Waals surface area (Å²) < 4.78 is 0. The molecule has 1 N–H and O–H groups in total. The van der Waals surface area contributed by atoms with Crippen LogP contribution in [0.25, 0.3) is 10.6 Å². The number of aromatic nitrogens is 1. The second-order valence-corrected chi connectivity index (χ2v) is 7.46. The highest BCUT2D eigenvalue weighted by Crippen LogP contribution is 2.30. The van der Waals surface area contributed by atoms with Gasteiger partial charge < -0.3 is 5.32 Å². The van der Waals surface area contributed by atoms with E-state index in [0.717, 1.165) is 26.7 Å². The third kappa shape index (κ3) is 4.15. The number of thiazole rings is 1. The molecule has 0 saturated heterocycles. The number of aryl methyl sites for hydroxylation is 2. The Bertz CT molecular complexity index is 1030. The minimum Gasteiger partial charge on any atom is -0.347 e. The molecule has 0 radical (unpaired) electrons. The van der Waals surface area contributed by atoms with Gasteiger partial charge >= 0.3 is 0 Å². The Morgan fingerprint density at radius 3 is 2.70 bits per heavy atom. The third-order valence-electron chi connectivity index (χ3n) is 4.08. The molecule has 0 bridgehead atoms. The van der Waals surface area contributed by atoms with Gasteiger partial charge in [0.15, 0.2) is 0 Å². The van der Waals surface area contributed by atoms with E-state index in [0.29, 0.717) is 0 Å². The summed E-state index contributed by atoms with van der Waals surface area (Å²) >= 11 is 7.38. The largest absolute Gasteiger partial charge is 0.347 e. The van der Waals surface area contributed by atoms with Crippen molar-refractivity contribution < 1.29 is 9.72 Å². The Hall–Kier alpha value is -2.77. The number of hydrogen-bond donors (Lipinski definition) is 1. The van der Waals surface area contributed by atoms with E-state index in [1.54, 1.807) is 0 Å². The Morgan fingerprint density at radius 1 is 1.26 bits per heavy atom. The monoisotopic (exact) mass is 401 g/mol. The lowest BCUT2D eigenvalue weighted by molar-refractivity contribution is -0.385. The summed E-state index contributed by atoms with van der Waals surface area (Å²) in [6.45, 7) is 4.13. The molecule has 27 heavy (non-hydrogen) atoms. The number of nitrogens with zero attached hydrogens (tertiary/aromatic N) is 2. The van der Waals surface area contributed by atoms with Gasteiger partial charge in [-0.05, 0) is 31.5 Å². The summed E-state index contributed by atoms with van der Waals surface area (Å²) in [6, 6.07) is 11.9. The van der Waals surface area contributed by atoms with E-state index in [-0.39, 0.29) is 22.8 Å². The average Bonchev–Trinajstić information content (AvgIpc) is 3.00. The smallest absolute Gasteiger partial charge is 0.282 e. The van der Waals surface area contributed by atoms with Crippen LogP contribution in [0.3, 0.4) is 0 Å². The molecule has 0 aliphatic carbocycles. The zero-order valence-corrected chi connectivity index (χ0v) is 16.2. The number of hydrogen-bond acceptors (Lipinski definition) is 5. The van der Waals surface area contributed by atoms with Crippen LogP contribution in [0, 0.1) is 24.0 Å². The zero-order valence-electron chi connectivity index (χ0n) is 14.7. The summed E-state index contributed by atoms with van der Waals surface area (Å²) in [5.74, 6) is -0.547. The Balaban J connectivity index is 1.80. The van der Waals surface area contributed by atoms with Crippen molar-refractivity contribution in [1.29, 1.82) is 0 Å². The quantitative estimate of drug-likeness (QED) is 0.485. The van der Waals surface area contributed by atoms with Gasteiger partial charge in [0.25, 0.3) is 11.6 Å². The molecule has 3 rings (SSSR count). The van der Waals surface area contributed by atoms with Crippen LogP contribution in [0.2, 0.25) is 5.02 Å². The maximum absolute atomic E-state index is 12.4. The highest BCUT2D eigenvalue weighted by atomic mass is 35.5. The number of nitro benzene ring substituents is 1. The van der Waals surface area contributed by atoms with Crippen molar-refractivity contribution in [3.8, 4) is 10.6 Å². The number of benzene rings is 2. The first-order valence-corrected chi connectivity index (χ1v) is 9.30. The topological polar surface area (TPSA) is 85.1 Å². The van der Waals surface area contributed by atoms with E-state index in [1.165, 1.54) is 29.5 Å². The number of nitro groups is 1. The summed E-state index contributed by atoms with van der Waals surface area (Å²) in [7, 11) is 0. The molecular weight excluding hydrogens is 386 g/mol. The van der Waals surface area contributed by atoms with Crippen LogP contribution in [0.1, 0.15) is 26.5 Å². The fraction of sp³-hybridized carbons (Fsp3) is 0.158. The van der Waals surface area contributed by atoms with Gasteiger partial charge in [0, 0.05) is 21.5 Å². The van der Waals surface area contributed by atoms with Crippen LogP contribution in [0.4, 0.5) is 5.69 Å². The fourth-order valence-corrected chi connectivity index (χ4v) is 3.89. The molecule has 1 amide bonds. The lowest BCUT2D eigenvalue weighted by Crippen LogP contribution is -2.23.